The van der Waals surface area contributed by atoms with Crippen LogP contribution in [0.3, 0.4) is 0 Å². The van der Waals surface area contributed by atoms with Crippen molar-refractivity contribution in [3.05, 3.63) is 0 Å². The van der Waals surface area contributed by atoms with Crippen molar-refractivity contribution in [2.24, 2.45) is 5.84 Å². The van der Waals surface area contributed by atoms with Gasteiger partial charge in [0.25, 0.3) is 0 Å². The average Bonchev–Trinajstić information content (AvgIpc) is 1.89. The Hall–Kier alpha value is 0.210. The third kappa shape index (κ3) is 1.81. The second-order valence-electron chi connectivity index (χ2n) is 2.57. The lowest BCUT2D eigenvalue weighted by Crippen LogP contribution is -2.43. The number of nitrogens with one attached hydrogen (secondary N) is 1. The van der Waals surface area contributed by atoms with Crippen LogP contribution in [0, 0.1) is 0 Å². The molecule has 1 rings (SSSR count). The summed E-state index contributed by atoms with van der Waals surface area (Å²) in [6.07, 6.45) is 4.76. The van der Waals surface area contributed by atoms with Crippen molar-refractivity contribution in [2.45, 2.75) is 37.1 Å². The van der Waals surface area contributed by atoms with Gasteiger partial charge in [0, 0.05) is 6.04 Å². The Morgan fingerprint density at radius 3 is 2.44 bits per heavy atom. The van der Waals surface area contributed by atoms with Gasteiger partial charge in [0.15, 0.2) is 0 Å². The molecule has 0 aromatic carbocycles. The number of rotatable bonds is 1. The van der Waals surface area contributed by atoms with E-state index in [4.69, 9.17) is 17.4 Å². The number of alkyl halides is 1. The molecule has 0 heterocycles. The third-order valence-electron chi connectivity index (χ3n) is 1.90. The van der Waals surface area contributed by atoms with Gasteiger partial charge in [-0.1, -0.05) is 12.8 Å². The molecular formula is C6H13ClN2. The fourth-order valence-electron chi connectivity index (χ4n) is 1.27. The van der Waals surface area contributed by atoms with Crippen LogP contribution in [0.2, 0.25) is 0 Å². The predicted octanol–water partition coefficient (Wildman–Crippen LogP) is 1.000. The summed E-state index contributed by atoms with van der Waals surface area (Å²) in [7, 11) is 0. The molecule has 0 aliphatic heterocycles. The Labute approximate surface area is 60.7 Å². The van der Waals surface area contributed by atoms with Crippen LogP contribution in [-0.2, 0) is 0 Å². The molecule has 3 heteroatoms. The Morgan fingerprint density at radius 2 is 2.00 bits per heavy atom. The zero-order chi connectivity index (χ0) is 6.69. The maximum absolute atomic E-state index is 5.94. The summed E-state index contributed by atoms with van der Waals surface area (Å²) < 4.78 is 0. The van der Waals surface area contributed by atoms with Crippen molar-refractivity contribution in [3.63, 3.8) is 0 Å². The summed E-state index contributed by atoms with van der Waals surface area (Å²) in [6, 6.07) is 0.348. The molecule has 1 saturated carbocycles. The Kier molecular flexibility index (Phi) is 2.76. The van der Waals surface area contributed by atoms with Gasteiger partial charge in [-0.3, -0.25) is 11.3 Å². The van der Waals surface area contributed by atoms with Gasteiger partial charge in [-0.05, 0) is 12.8 Å². The number of hydrogen-bond donors (Lipinski definition) is 2. The zero-order valence-corrected chi connectivity index (χ0v) is 6.19. The molecule has 0 aromatic rings. The van der Waals surface area contributed by atoms with Crippen LogP contribution >= 0.6 is 11.6 Å². The maximum atomic E-state index is 5.94. The first kappa shape index (κ1) is 7.32. The molecule has 0 aromatic heterocycles. The molecule has 1 aliphatic carbocycles. The normalized spacial score (nSPS) is 36.7. The molecule has 1 fully saturated rings. The zero-order valence-electron chi connectivity index (χ0n) is 5.44. The SMILES string of the molecule is NNC1CCCCC1Cl. The van der Waals surface area contributed by atoms with Crippen molar-refractivity contribution in [1.82, 2.24) is 5.43 Å². The van der Waals surface area contributed by atoms with Crippen LogP contribution in [0.5, 0.6) is 0 Å². The van der Waals surface area contributed by atoms with Gasteiger partial charge in [-0.2, -0.15) is 0 Å². The van der Waals surface area contributed by atoms with Gasteiger partial charge in [0.1, 0.15) is 0 Å². The van der Waals surface area contributed by atoms with Crippen molar-refractivity contribution in [3.8, 4) is 0 Å². The van der Waals surface area contributed by atoms with Gasteiger partial charge >= 0.3 is 0 Å². The molecule has 0 radical (unpaired) electrons. The van der Waals surface area contributed by atoms with E-state index in [2.05, 4.69) is 5.43 Å². The highest BCUT2D eigenvalue weighted by atomic mass is 35.5. The summed E-state index contributed by atoms with van der Waals surface area (Å²) in [6.45, 7) is 0. The molecule has 0 spiro atoms. The van der Waals surface area contributed by atoms with Gasteiger partial charge in [-0.15, -0.1) is 11.6 Å². The topological polar surface area (TPSA) is 38.0 Å². The monoisotopic (exact) mass is 148 g/mol. The van der Waals surface area contributed by atoms with Gasteiger partial charge in [0.05, 0.1) is 5.38 Å². The largest absolute Gasteiger partial charge is 0.271 e. The molecule has 54 valence electrons. The van der Waals surface area contributed by atoms with Crippen LogP contribution in [0.1, 0.15) is 25.7 Å². The minimum atomic E-state index is 0.253. The van der Waals surface area contributed by atoms with E-state index < -0.39 is 0 Å². The molecule has 0 saturated heterocycles. The van der Waals surface area contributed by atoms with Crippen LogP contribution in [-0.4, -0.2) is 11.4 Å². The van der Waals surface area contributed by atoms with E-state index in [1.165, 1.54) is 12.8 Å². The molecule has 2 unspecified atom stereocenters. The first-order valence-corrected chi connectivity index (χ1v) is 3.88. The van der Waals surface area contributed by atoms with Crippen LogP contribution in [0.25, 0.3) is 0 Å². The van der Waals surface area contributed by atoms with Crippen LogP contribution in [0.15, 0.2) is 0 Å². The predicted molar refractivity (Wildman–Crippen MR) is 39.2 cm³/mol. The average molecular weight is 149 g/mol. The number of nitrogens with two attached hydrogens (primary N) is 1. The van der Waals surface area contributed by atoms with Gasteiger partial charge < -0.3 is 0 Å². The van der Waals surface area contributed by atoms with E-state index in [1.54, 1.807) is 0 Å². The van der Waals surface area contributed by atoms with E-state index in [-0.39, 0.29) is 5.38 Å². The summed E-state index contributed by atoms with van der Waals surface area (Å²) in [5.74, 6) is 5.26. The standard InChI is InChI=1S/C6H13ClN2/c7-5-3-1-2-4-6(5)9-8/h5-6,9H,1-4,8H2. The fraction of sp³-hybridized carbons (Fsp3) is 1.00. The van der Waals surface area contributed by atoms with Crippen molar-refractivity contribution in [2.75, 3.05) is 0 Å². The smallest absolute Gasteiger partial charge is 0.0502 e. The van der Waals surface area contributed by atoms with Crippen LogP contribution in [0.4, 0.5) is 0 Å². The Balaban J connectivity index is 2.30. The highest BCUT2D eigenvalue weighted by Gasteiger charge is 2.20. The number of hydrogen-bond acceptors (Lipinski definition) is 2. The quantitative estimate of drug-likeness (QED) is 0.331. The molecular weight excluding hydrogens is 136 g/mol. The van der Waals surface area contributed by atoms with E-state index >= 15 is 0 Å². The lowest BCUT2D eigenvalue weighted by Gasteiger charge is -2.25. The molecule has 0 bridgehead atoms. The Morgan fingerprint density at radius 1 is 1.33 bits per heavy atom. The van der Waals surface area contributed by atoms with E-state index in [0.717, 1.165) is 12.8 Å². The fourth-order valence-corrected chi connectivity index (χ4v) is 1.63. The summed E-state index contributed by atoms with van der Waals surface area (Å²) in [4.78, 5) is 0. The van der Waals surface area contributed by atoms with Crippen molar-refractivity contribution < 1.29 is 0 Å². The molecule has 2 nitrogen and oxygen atoms in total. The minimum absolute atomic E-state index is 0.253. The van der Waals surface area contributed by atoms with Gasteiger partial charge in [-0.25, -0.2) is 0 Å². The second kappa shape index (κ2) is 3.40. The lowest BCUT2D eigenvalue weighted by molar-refractivity contribution is 0.385. The lowest BCUT2D eigenvalue weighted by atomic mass is 9.96. The molecule has 9 heavy (non-hydrogen) atoms. The third-order valence-corrected chi connectivity index (χ3v) is 2.42. The molecule has 2 atom stereocenters. The number of hydrazine groups is 1. The summed E-state index contributed by atoms with van der Waals surface area (Å²) in [5, 5.41) is 0.253. The van der Waals surface area contributed by atoms with Crippen molar-refractivity contribution >= 4 is 11.6 Å². The highest BCUT2D eigenvalue weighted by Crippen LogP contribution is 2.21. The number of halogens is 1. The van der Waals surface area contributed by atoms with E-state index in [1.807, 2.05) is 0 Å². The van der Waals surface area contributed by atoms with E-state index in [9.17, 15) is 0 Å². The minimum Gasteiger partial charge on any atom is -0.271 e. The first-order valence-electron chi connectivity index (χ1n) is 3.45. The molecule has 3 N–H and O–H groups in total. The Bertz CT molecular complexity index is 87.1. The van der Waals surface area contributed by atoms with Crippen LogP contribution < -0.4 is 11.3 Å². The van der Waals surface area contributed by atoms with E-state index in [0.29, 0.717) is 6.04 Å². The van der Waals surface area contributed by atoms with Crippen molar-refractivity contribution in [1.29, 1.82) is 0 Å². The summed E-state index contributed by atoms with van der Waals surface area (Å²) in [5.41, 5.74) is 2.72. The second-order valence-corrected chi connectivity index (χ2v) is 3.13. The summed E-state index contributed by atoms with van der Waals surface area (Å²) >= 11 is 5.94. The molecule has 0 amide bonds. The molecule has 1 aliphatic rings. The highest BCUT2D eigenvalue weighted by molar-refractivity contribution is 6.21. The first-order chi connectivity index (χ1) is 4.34. The van der Waals surface area contributed by atoms with Gasteiger partial charge in [0.2, 0.25) is 0 Å². The maximum Gasteiger partial charge on any atom is 0.0502 e.